The summed E-state index contributed by atoms with van der Waals surface area (Å²) in [6.45, 7) is 8.62. The second kappa shape index (κ2) is 3.78. The summed E-state index contributed by atoms with van der Waals surface area (Å²) in [7, 11) is 0. The van der Waals surface area contributed by atoms with E-state index < -0.39 is 0 Å². The van der Waals surface area contributed by atoms with Crippen LogP contribution in [0.2, 0.25) is 0 Å². The normalized spacial score (nSPS) is 11.8. The van der Waals surface area contributed by atoms with Gasteiger partial charge >= 0.3 is 0 Å². The Kier molecular flexibility index (Phi) is 2.58. The molecule has 2 aromatic rings. The van der Waals surface area contributed by atoms with Gasteiger partial charge in [-0.1, -0.05) is 38.5 Å². The molecule has 16 heavy (non-hydrogen) atoms. The Balaban J connectivity index is 2.35. The molecule has 0 aliphatic rings. The number of hydrogen-bond acceptors (Lipinski definition) is 1. The van der Waals surface area contributed by atoms with Crippen molar-refractivity contribution in [3.8, 4) is 5.69 Å². The molecule has 0 atom stereocenters. The first-order chi connectivity index (χ1) is 7.47. The molecular formula is C14H18N2. The number of nitrogens with zero attached hydrogens (tertiary/aromatic N) is 2. The zero-order valence-corrected chi connectivity index (χ0v) is 10.4. The van der Waals surface area contributed by atoms with Crippen LogP contribution in [-0.4, -0.2) is 9.55 Å². The molecule has 0 fully saturated rings. The molecule has 0 saturated heterocycles. The Labute approximate surface area is 97.0 Å². The summed E-state index contributed by atoms with van der Waals surface area (Å²) in [6, 6.07) is 8.46. The Morgan fingerprint density at radius 3 is 2.19 bits per heavy atom. The topological polar surface area (TPSA) is 17.8 Å². The van der Waals surface area contributed by atoms with E-state index in [1.165, 1.54) is 5.56 Å². The number of imidazole rings is 1. The molecule has 0 aliphatic carbocycles. The van der Waals surface area contributed by atoms with Crippen molar-refractivity contribution in [1.29, 1.82) is 0 Å². The minimum atomic E-state index is 0.107. The van der Waals surface area contributed by atoms with Gasteiger partial charge in [0.15, 0.2) is 0 Å². The Hall–Kier alpha value is -1.57. The number of aromatic nitrogens is 2. The lowest BCUT2D eigenvalue weighted by atomic mass is 9.93. The van der Waals surface area contributed by atoms with E-state index in [2.05, 4.69) is 67.7 Å². The van der Waals surface area contributed by atoms with Crippen molar-refractivity contribution in [3.05, 3.63) is 48.0 Å². The van der Waals surface area contributed by atoms with Crippen LogP contribution in [0.25, 0.3) is 5.69 Å². The quantitative estimate of drug-likeness (QED) is 0.710. The maximum Gasteiger partial charge on any atom is 0.0995 e. The summed E-state index contributed by atoms with van der Waals surface area (Å²) < 4.78 is 2.07. The lowest BCUT2D eigenvalue weighted by Crippen LogP contribution is -2.11. The highest BCUT2D eigenvalue weighted by Gasteiger charge is 2.16. The van der Waals surface area contributed by atoms with Gasteiger partial charge in [-0.2, -0.15) is 0 Å². The van der Waals surface area contributed by atoms with Gasteiger partial charge in [0.05, 0.1) is 12.0 Å². The van der Waals surface area contributed by atoms with Crippen LogP contribution in [0.5, 0.6) is 0 Å². The van der Waals surface area contributed by atoms with Crippen LogP contribution in [0.4, 0.5) is 0 Å². The average Bonchev–Trinajstić information content (AvgIpc) is 2.67. The van der Waals surface area contributed by atoms with Gasteiger partial charge in [0.1, 0.15) is 0 Å². The van der Waals surface area contributed by atoms with Gasteiger partial charge in [0, 0.05) is 17.3 Å². The molecule has 2 heteroatoms. The summed E-state index contributed by atoms with van der Waals surface area (Å²) in [4.78, 5) is 4.45. The van der Waals surface area contributed by atoms with E-state index >= 15 is 0 Å². The third-order valence-electron chi connectivity index (χ3n) is 2.68. The van der Waals surface area contributed by atoms with E-state index in [1.807, 2.05) is 6.33 Å². The van der Waals surface area contributed by atoms with E-state index in [4.69, 9.17) is 0 Å². The fourth-order valence-corrected chi connectivity index (χ4v) is 1.57. The highest BCUT2D eigenvalue weighted by atomic mass is 15.0. The van der Waals surface area contributed by atoms with E-state index in [-0.39, 0.29) is 5.41 Å². The third-order valence-corrected chi connectivity index (χ3v) is 2.68. The highest BCUT2D eigenvalue weighted by molar-refractivity contribution is 5.35. The van der Waals surface area contributed by atoms with Crippen molar-refractivity contribution >= 4 is 0 Å². The molecular weight excluding hydrogens is 196 g/mol. The van der Waals surface area contributed by atoms with Crippen LogP contribution in [0.1, 0.15) is 32.0 Å². The van der Waals surface area contributed by atoms with Gasteiger partial charge < -0.3 is 4.57 Å². The second-order valence-electron chi connectivity index (χ2n) is 5.25. The Bertz CT molecular complexity index is 472. The van der Waals surface area contributed by atoms with Crippen molar-refractivity contribution in [1.82, 2.24) is 9.55 Å². The molecule has 1 aromatic carbocycles. The van der Waals surface area contributed by atoms with Crippen LogP contribution >= 0.6 is 0 Å². The van der Waals surface area contributed by atoms with E-state index in [9.17, 15) is 0 Å². The molecule has 2 nitrogen and oxygen atoms in total. The smallest absolute Gasteiger partial charge is 0.0995 e. The van der Waals surface area contributed by atoms with Gasteiger partial charge in [-0.05, 0) is 19.1 Å². The van der Waals surface area contributed by atoms with Crippen LogP contribution in [0.15, 0.2) is 36.8 Å². The van der Waals surface area contributed by atoms with Crippen LogP contribution in [0.3, 0.4) is 0 Å². The van der Waals surface area contributed by atoms with Gasteiger partial charge in [-0.3, -0.25) is 0 Å². The summed E-state index contributed by atoms with van der Waals surface area (Å²) in [5.41, 5.74) is 3.66. The predicted molar refractivity (Wildman–Crippen MR) is 67.0 cm³/mol. The highest BCUT2D eigenvalue weighted by Crippen LogP contribution is 2.21. The zero-order valence-electron chi connectivity index (χ0n) is 10.4. The average molecular weight is 214 g/mol. The molecule has 0 saturated carbocycles. The predicted octanol–water partition coefficient (Wildman–Crippen LogP) is 3.48. The SMILES string of the molecule is Cc1ccc(-n2cnc(C(C)(C)C)c2)cc1. The molecule has 0 radical (unpaired) electrons. The first-order valence-electron chi connectivity index (χ1n) is 5.58. The van der Waals surface area contributed by atoms with E-state index in [0.29, 0.717) is 0 Å². The van der Waals surface area contributed by atoms with Gasteiger partial charge in [-0.15, -0.1) is 0 Å². The second-order valence-corrected chi connectivity index (χ2v) is 5.25. The summed E-state index contributed by atoms with van der Waals surface area (Å²) in [6.07, 6.45) is 3.98. The molecule has 0 unspecified atom stereocenters. The monoisotopic (exact) mass is 214 g/mol. The van der Waals surface area contributed by atoms with Gasteiger partial charge in [0.25, 0.3) is 0 Å². The molecule has 0 spiro atoms. The lowest BCUT2D eigenvalue weighted by molar-refractivity contribution is 0.572. The van der Waals surface area contributed by atoms with Crippen molar-refractivity contribution < 1.29 is 0 Å². The lowest BCUT2D eigenvalue weighted by Gasteiger charge is -2.14. The van der Waals surface area contributed by atoms with Crippen molar-refractivity contribution in [2.24, 2.45) is 0 Å². The fraction of sp³-hybridized carbons (Fsp3) is 0.357. The molecule has 0 aliphatic heterocycles. The first kappa shape index (κ1) is 10.9. The van der Waals surface area contributed by atoms with E-state index in [1.54, 1.807) is 0 Å². The summed E-state index contributed by atoms with van der Waals surface area (Å²) in [5.74, 6) is 0. The zero-order chi connectivity index (χ0) is 11.8. The maximum atomic E-state index is 4.45. The van der Waals surface area contributed by atoms with Gasteiger partial charge in [0.2, 0.25) is 0 Å². The standard InChI is InChI=1S/C14H18N2/c1-11-5-7-12(8-6-11)16-9-13(15-10-16)14(2,3)4/h5-10H,1-4H3. The first-order valence-corrected chi connectivity index (χ1v) is 5.58. The molecule has 1 heterocycles. The number of aryl methyl sites for hydroxylation is 1. The molecule has 84 valence electrons. The van der Waals surface area contributed by atoms with Crippen molar-refractivity contribution in [3.63, 3.8) is 0 Å². The fourth-order valence-electron chi connectivity index (χ4n) is 1.57. The van der Waals surface area contributed by atoms with E-state index in [0.717, 1.165) is 11.4 Å². The Morgan fingerprint density at radius 1 is 1.06 bits per heavy atom. The molecule has 0 bridgehead atoms. The minimum absolute atomic E-state index is 0.107. The Morgan fingerprint density at radius 2 is 1.69 bits per heavy atom. The van der Waals surface area contributed by atoms with Gasteiger partial charge in [-0.25, -0.2) is 4.98 Å². The summed E-state index contributed by atoms with van der Waals surface area (Å²) in [5, 5.41) is 0. The third kappa shape index (κ3) is 2.16. The van der Waals surface area contributed by atoms with Crippen LogP contribution < -0.4 is 0 Å². The van der Waals surface area contributed by atoms with Crippen LogP contribution in [0, 0.1) is 6.92 Å². The molecule has 0 N–H and O–H groups in total. The molecule has 1 aromatic heterocycles. The maximum absolute atomic E-state index is 4.45. The largest absolute Gasteiger partial charge is 0.306 e. The molecule has 0 amide bonds. The number of hydrogen-bond donors (Lipinski definition) is 0. The molecule has 2 rings (SSSR count). The number of rotatable bonds is 1. The summed E-state index contributed by atoms with van der Waals surface area (Å²) >= 11 is 0. The van der Waals surface area contributed by atoms with Crippen molar-refractivity contribution in [2.75, 3.05) is 0 Å². The van der Waals surface area contributed by atoms with Crippen molar-refractivity contribution in [2.45, 2.75) is 33.1 Å². The number of benzene rings is 1. The van der Waals surface area contributed by atoms with Crippen LogP contribution in [-0.2, 0) is 5.41 Å². The minimum Gasteiger partial charge on any atom is -0.306 e.